The molecule has 0 aliphatic rings. The van der Waals surface area contributed by atoms with Crippen molar-refractivity contribution in [3.63, 3.8) is 0 Å². The largest absolute Gasteiger partial charge is 0.462 e. The second-order valence-corrected chi connectivity index (χ2v) is 5.51. The quantitative estimate of drug-likeness (QED) is 0.859. The van der Waals surface area contributed by atoms with Gasteiger partial charge in [-0.25, -0.2) is 4.98 Å². The van der Waals surface area contributed by atoms with Crippen molar-refractivity contribution in [2.45, 2.75) is 46.4 Å². The first-order valence-corrected chi connectivity index (χ1v) is 7.30. The fourth-order valence-electron chi connectivity index (χ4n) is 2.39. The number of carbonyl (C=O) groups is 2. The van der Waals surface area contributed by atoms with E-state index in [0.717, 1.165) is 11.0 Å². The van der Waals surface area contributed by atoms with Gasteiger partial charge in [0.05, 0.1) is 23.2 Å². The molecule has 1 aromatic carbocycles. The summed E-state index contributed by atoms with van der Waals surface area (Å²) in [4.78, 5) is 27.8. The van der Waals surface area contributed by atoms with Crippen molar-refractivity contribution in [1.29, 1.82) is 0 Å². The van der Waals surface area contributed by atoms with Crippen molar-refractivity contribution in [2.24, 2.45) is 0 Å². The first-order chi connectivity index (χ1) is 10.4. The Hall–Kier alpha value is -2.37. The lowest BCUT2D eigenvalue weighted by Crippen LogP contribution is -2.27. The molecule has 2 rings (SSSR count). The molecule has 1 unspecified atom stereocenters. The summed E-state index contributed by atoms with van der Waals surface area (Å²) in [5.41, 5.74) is 1.63. The minimum Gasteiger partial charge on any atom is -0.462 e. The molecule has 0 radical (unpaired) electrons. The maximum absolute atomic E-state index is 12.0. The standard InChI is InChI=1S/C16H21N3O3/c1-10(2)22-15(21)9-19-14-8-6-5-7-13(14)18-16(19)11(3)17-12(4)20/h5-8,10-11H,9H2,1-4H3,(H,17,20). The van der Waals surface area contributed by atoms with Crippen molar-refractivity contribution in [3.05, 3.63) is 30.1 Å². The van der Waals surface area contributed by atoms with E-state index in [0.29, 0.717) is 5.82 Å². The third-order valence-corrected chi connectivity index (χ3v) is 3.15. The number of nitrogens with zero attached hydrogens (tertiary/aromatic N) is 2. The smallest absolute Gasteiger partial charge is 0.326 e. The lowest BCUT2D eigenvalue weighted by Gasteiger charge is -2.15. The highest BCUT2D eigenvalue weighted by Gasteiger charge is 2.19. The molecule has 0 fully saturated rings. The Morgan fingerprint density at radius 3 is 2.59 bits per heavy atom. The molecule has 2 aromatic rings. The fraction of sp³-hybridized carbons (Fsp3) is 0.438. The molecule has 0 aliphatic heterocycles. The van der Waals surface area contributed by atoms with Gasteiger partial charge in [-0.1, -0.05) is 12.1 Å². The van der Waals surface area contributed by atoms with Crippen LogP contribution in [0.3, 0.4) is 0 Å². The number of ether oxygens (including phenoxy) is 1. The van der Waals surface area contributed by atoms with Crippen LogP contribution in [0.5, 0.6) is 0 Å². The molecule has 1 heterocycles. The Morgan fingerprint density at radius 1 is 1.27 bits per heavy atom. The number of fused-ring (bicyclic) bond motifs is 1. The van der Waals surface area contributed by atoms with Crippen molar-refractivity contribution in [3.8, 4) is 0 Å². The Balaban J connectivity index is 2.39. The zero-order valence-electron chi connectivity index (χ0n) is 13.3. The van der Waals surface area contributed by atoms with Crippen LogP contribution in [0.4, 0.5) is 0 Å². The van der Waals surface area contributed by atoms with E-state index >= 15 is 0 Å². The number of para-hydroxylation sites is 2. The molecule has 22 heavy (non-hydrogen) atoms. The number of aromatic nitrogens is 2. The molecule has 0 spiro atoms. The Labute approximate surface area is 129 Å². The first kappa shape index (κ1) is 16.0. The molecular weight excluding hydrogens is 282 g/mol. The van der Waals surface area contributed by atoms with Crippen LogP contribution in [-0.2, 0) is 20.9 Å². The summed E-state index contributed by atoms with van der Waals surface area (Å²) in [6.07, 6.45) is -0.168. The highest BCUT2D eigenvalue weighted by atomic mass is 16.5. The number of hydrogen-bond acceptors (Lipinski definition) is 4. The van der Waals surface area contributed by atoms with Gasteiger partial charge in [-0.2, -0.15) is 0 Å². The van der Waals surface area contributed by atoms with Crippen LogP contribution in [0.2, 0.25) is 0 Å². The maximum Gasteiger partial charge on any atom is 0.326 e. The van der Waals surface area contributed by atoms with Gasteiger partial charge < -0.3 is 14.6 Å². The third-order valence-electron chi connectivity index (χ3n) is 3.15. The van der Waals surface area contributed by atoms with Crippen LogP contribution in [0.1, 0.15) is 39.6 Å². The maximum atomic E-state index is 12.0. The van der Waals surface area contributed by atoms with Crippen molar-refractivity contribution >= 4 is 22.9 Å². The molecule has 1 N–H and O–H groups in total. The van der Waals surface area contributed by atoms with E-state index in [9.17, 15) is 9.59 Å². The molecule has 6 heteroatoms. The lowest BCUT2D eigenvalue weighted by atomic mass is 10.3. The van der Waals surface area contributed by atoms with Crippen LogP contribution in [-0.4, -0.2) is 27.5 Å². The van der Waals surface area contributed by atoms with E-state index < -0.39 is 0 Å². The lowest BCUT2D eigenvalue weighted by molar-refractivity contribution is -0.148. The number of carbonyl (C=O) groups excluding carboxylic acids is 2. The second kappa shape index (κ2) is 6.60. The van der Waals surface area contributed by atoms with E-state index in [4.69, 9.17) is 4.74 Å². The zero-order valence-corrected chi connectivity index (χ0v) is 13.3. The number of esters is 1. The van der Waals surface area contributed by atoms with Gasteiger partial charge in [-0.3, -0.25) is 9.59 Å². The number of nitrogens with one attached hydrogen (secondary N) is 1. The van der Waals surface area contributed by atoms with E-state index in [-0.39, 0.29) is 30.6 Å². The topological polar surface area (TPSA) is 73.2 Å². The molecule has 6 nitrogen and oxygen atoms in total. The van der Waals surface area contributed by atoms with Gasteiger partial charge in [0.15, 0.2) is 0 Å². The number of imidazole rings is 1. The van der Waals surface area contributed by atoms with Crippen LogP contribution in [0.15, 0.2) is 24.3 Å². The monoisotopic (exact) mass is 303 g/mol. The molecule has 0 bridgehead atoms. The van der Waals surface area contributed by atoms with Crippen LogP contribution in [0.25, 0.3) is 11.0 Å². The summed E-state index contributed by atoms with van der Waals surface area (Å²) in [7, 11) is 0. The highest BCUT2D eigenvalue weighted by molar-refractivity contribution is 5.79. The number of amides is 1. The van der Waals surface area contributed by atoms with Crippen LogP contribution >= 0.6 is 0 Å². The number of benzene rings is 1. The van der Waals surface area contributed by atoms with E-state index in [1.807, 2.05) is 45.0 Å². The van der Waals surface area contributed by atoms with Gasteiger partial charge in [-0.15, -0.1) is 0 Å². The second-order valence-electron chi connectivity index (χ2n) is 5.51. The van der Waals surface area contributed by atoms with Crippen molar-refractivity contribution in [1.82, 2.24) is 14.9 Å². The number of hydrogen-bond donors (Lipinski definition) is 1. The average Bonchev–Trinajstić information content (AvgIpc) is 2.76. The molecule has 118 valence electrons. The van der Waals surface area contributed by atoms with Gasteiger partial charge in [0, 0.05) is 6.92 Å². The first-order valence-electron chi connectivity index (χ1n) is 7.30. The van der Waals surface area contributed by atoms with Crippen molar-refractivity contribution in [2.75, 3.05) is 0 Å². The molecule has 1 atom stereocenters. The molecular formula is C16H21N3O3. The van der Waals surface area contributed by atoms with E-state index in [2.05, 4.69) is 10.3 Å². The SMILES string of the molecule is CC(=O)NC(C)c1nc2ccccc2n1CC(=O)OC(C)C. The summed E-state index contributed by atoms with van der Waals surface area (Å²) in [5, 5.41) is 2.80. The molecule has 0 aliphatic carbocycles. The summed E-state index contributed by atoms with van der Waals surface area (Å²) in [5.74, 6) is 0.169. The van der Waals surface area contributed by atoms with Gasteiger partial charge in [-0.05, 0) is 32.9 Å². The molecule has 1 amide bonds. The summed E-state index contributed by atoms with van der Waals surface area (Å²) in [6.45, 7) is 6.98. The van der Waals surface area contributed by atoms with E-state index in [1.54, 1.807) is 4.57 Å². The van der Waals surface area contributed by atoms with Crippen LogP contribution < -0.4 is 5.32 Å². The minimum atomic E-state index is -0.325. The van der Waals surface area contributed by atoms with Gasteiger partial charge >= 0.3 is 5.97 Å². The summed E-state index contributed by atoms with van der Waals surface area (Å²) in [6, 6.07) is 7.26. The van der Waals surface area contributed by atoms with Crippen LogP contribution in [0, 0.1) is 0 Å². The van der Waals surface area contributed by atoms with E-state index in [1.165, 1.54) is 6.92 Å². The fourth-order valence-corrected chi connectivity index (χ4v) is 2.39. The highest BCUT2D eigenvalue weighted by Crippen LogP contribution is 2.21. The predicted octanol–water partition coefficient (Wildman–Crippen LogP) is 2.18. The normalized spacial score (nSPS) is 12.4. The van der Waals surface area contributed by atoms with Gasteiger partial charge in [0.1, 0.15) is 12.4 Å². The Bertz CT molecular complexity index is 691. The molecule has 0 saturated heterocycles. The Kier molecular flexibility index (Phi) is 4.80. The molecule has 0 saturated carbocycles. The summed E-state index contributed by atoms with van der Waals surface area (Å²) < 4.78 is 7.01. The number of rotatable bonds is 5. The van der Waals surface area contributed by atoms with Gasteiger partial charge in [0.2, 0.25) is 5.91 Å². The Morgan fingerprint density at radius 2 is 1.95 bits per heavy atom. The van der Waals surface area contributed by atoms with Crippen molar-refractivity contribution < 1.29 is 14.3 Å². The minimum absolute atomic E-state index is 0.0674. The summed E-state index contributed by atoms with van der Waals surface area (Å²) >= 11 is 0. The van der Waals surface area contributed by atoms with Gasteiger partial charge in [0.25, 0.3) is 0 Å². The third kappa shape index (κ3) is 3.63. The molecule has 1 aromatic heterocycles. The predicted molar refractivity (Wildman–Crippen MR) is 83.2 cm³/mol. The average molecular weight is 303 g/mol. The zero-order chi connectivity index (χ0) is 16.3.